The molecule has 0 aromatic heterocycles. The van der Waals surface area contributed by atoms with E-state index < -0.39 is 7.60 Å². The maximum atomic E-state index is 10.3. The Morgan fingerprint density at radius 1 is 1.07 bits per heavy atom. The molecule has 0 N–H and O–H groups in total. The second-order valence-electron chi connectivity index (χ2n) is 4.52. The molecule has 0 amide bonds. The van der Waals surface area contributed by atoms with Crippen LogP contribution in [0.4, 0.5) is 0 Å². The van der Waals surface area contributed by atoms with E-state index in [9.17, 15) is 14.4 Å². The SMILES string of the molecule is C[P+](C)(C)C.O=P([O-])([O-])c1ccccc1.[H+]. The molecule has 1 aromatic rings. The smallest absolute Gasteiger partial charge is 0.807 e. The van der Waals surface area contributed by atoms with Gasteiger partial charge in [-0.1, -0.05) is 30.3 Å². The predicted molar refractivity (Wildman–Crippen MR) is 65.4 cm³/mol. The van der Waals surface area contributed by atoms with Gasteiger partial charge >= 0.3 is 1.43 Å². The largest absolute Gasteiger partial charge is 1.00 e. The standard InChI is InChI=1S/C6H7O3P.C4H12P/c7-10(8,9)6-4-2-1-3-5-6;1-5(2,3)4/h1-5H,(H2,7,8,9);1-4H3/q;+1/p-1. The van der Waals surface area contributed by atoms with Crippen molar-refractivity contribution in [2.75, 3.05) is 26.7 Å². The van der Waals surface area contributed by atoms with Gasteiger partial charge in [-0.2, -0.15) is 0 Å². The Labute approximate surface area is 93.5 Å². The van der Waals surface area contributed by atoms with Gasteiger partial charge in [0, 0.05) is 33.9 Å². The lowest BCUT2D eigenvalue weighted by molar-refractivity contribution is -0.307. The minimum atomic E-state index is -4.52. The highest BCUT2D eigenvalue weighted by atomic mass is 31.2. The molecule has 0 spiro atoms. The van der Waals surface area contributed by atoms with Crippen molar-refractivity contribution in [3.8, 4) is 0 Å². The quantitative estimate of drug-likeness (QED) is 0.692. The van der Waals surface area contributed by atoms with Gasteiger partial charge in [0.05, 0.1) is 0 Å². The minimum absolute atomic E-state index is 0. The average molecular weight is 248 g/mol. The second-order valence-corrected chi connectivity index (χ2v) is 11.4. The van der Waals surface area contributed by atoms with Crippen molar-refractivity contribution in [2.45, 2.75) is 0 Å². The van der Waals surface area contributed by atoms with Crippen LogP contribution >= 0.6 is 14.9 Å². The van der Waals surface area contributed by atoms with Crippen LogP contribution in [0.3, 0.4) is 0 Å². The fraction of sp³-hybridized carbons (Fsp3) is 0.400. The Morgan fingerprint density at radius 2 is 1.40 bits per heavy atom. The Balaban J connectivity index is 0. The molecule has 15 heavy (non-hydrogen) atoms. The van der Waals surface area contributed by atoms with E-state index >= 15 is 0 Å². The summed E-state index contributed by atoms with van der Waals surface area (Å²) in [5, 5.41) is -0.157. The van der Waals surface area contributed by atoms with E-state index in [1.807, 2.05) is 0 Å². The molecule has 0 fully saturated rings. The molecule has 1 aromatic carbocycles. The lowest BCUT2D eigenvalue weighted by Crippen LogP contribution is -2.24. The molecule has 0 heterocycles. The summed E-state index contributed by atoms with van der Waals surface area (Å²) in [5.74, 6) is 0. The summed E-state index contributed by atoms with van der Waals surface area (Å²) in [6.07, 6.45) is 0. The van der Waals surface area contributed by atoms with Crippen LogP contribution in [0.15, 0.2) is 30.3 Å². The van der Waals surface area contributed by atoms with Crippen LogP contribution in [0, 0.1) is 0 Å². The van der Waals surface area contributed by atoms with Gasteiger partial charge in [0.25, 0.3) is 0 Å². The Morgan fingerprint density at radius 3 is 1.60 bits per heavy atom. The molecular formula is C10H18O3P2. The van der Waals surface area contributed by atoms with Crippen molar-refractivity contribution in [2.24, 2.45) is 0 Å². The molecule has 0 aliphatic carbocycles. The summed E-state index contributed by atoms with van der Waals surface area (Å²) in [7, 11) is -4.91. The second kappa shape index (κ2) is 5.77. The number of hydrogen-bond acceptors (Lipinski definition) is 3. The van der Waals surface area contributed by atoms with Gasteiger partial charge in [0.15, 0.2) is 0 Å². The molecule has 5 heteroatoms. The topological polar surface area (TPSA) is 63.2 Å². The fourth-order valence-electron chi connectivity index (χ4n) is 0.611. The summed E-state index contributed by atoms with van der Waals surface area (Å²) < 4.78 is 10.3. The zero-order chi connectivity index (χ0) is 12.1. The molecule has 0 unspecified atom stereocenters. The molecular weight excluding hydrogens is 230 g/mol. The van der Waals surface area contributed by atoms with E-state index in [1.54, 1.807) is 6.07 Å². The Hall–Kier alpha value is -0.200. The lowest BCUT2D eigenvalue weighted by atomic mass is 10.4. The van der Waals surface area contributed by atoms with Crippen LogP contribution < -0.4 is 15.1 Å². The third-order valence-electron chi connectivity index (χ3n) is 1.07. The van der Waals surface area contributed by atoms with E-state index in [0.29, 0.717) is 0 Å². The van der Waals surface area contributed by atoms with E-state index in [4.69, 9.17) is 0 Å². The predicted octanol–water partition coefficient (Wildman–Crippen LogP) is 0.861. The van der Waals surface area contributed by atoms with Crippen molar-refractivity contribution in [1.82, 2.24) is 0 Å². The van der Waals surface area contributed by atoms with Crippen LogP contribution in [-0.2, 0) is 4.57 Å². The zero-order valence-corrected chi connectivity index (χ0v) is 11.3. The summed E-state index contributed by atoms with van der Waals surface area (Å²) in [5.41, 5.74) is 0. The molecule has 3 nitrogen and oxygen atoms in total. The van der Waals surface area contributed by atoms with Crippen molar-refractivity contribution >= 4 is 20.2 Å². The van der Waals surface area contributed by atoms with E-state index in [-0.39, 0.29) is 14.0 Å². The summed E-state index contributed by atoms with van der Waals surface area (Å²) in [6.45, 7) is 9.19. The molecule has 0 aliphatic heterocycles. The maximum Gasteiger partial charge on any atom is 1.00 e. The van der Waals surface area contributed by atoms with Gasteiger partial charge in [-0.25, -0.2) is 0 Å². The number of hydrogen-bond donors (Lipinski definition) is 0. The Bertz CT molecular complexity index is 324. The Kier molecular flexibility index (Phi) is 5.69. The van der Waals surface area contributed by atoms with Gasteiger partial charge in [-0.05, 0) is 12.9 Å². The molecule has 0 atom stereocenters. The number of rotatable bonds is 1. The van der Waals surface area contributed by atoms with E-state index in [0.717, 1.165) is 0 Å². The highest BCUT2D eigenvalue weighted by Crippen LogP contribution is 2.40. The third-order valence-corrected chi connectivity index (χ3v) is 2.00. The van der Waals surface area contributed by atoms with Crippen molar-refractivity contribution in [3.05, 3.63) is 30.3 Å². The first-order chi connectivity index (χ1) is 6.61. The van der Waals surface area contributed by atoms with Crippen LogP contribution in [0.2, 0.25) is 0 Å². The van der Waals surface area contributed by atoms with Gasteiger partial charge in [0.2, 0.25) is 0 Å². The van der Waals surface area contributed by atoms with Crippen molar-refractivity contribution < 1.29 is 15.8 Å². The van der Waals surface area contributed by atoms with Crippen molar-refractivity contribution in [1.29, 1.82) is 0 Å². The molecule has 0 radical (unpaired) electrons. The van der Waals surface area contributed by atoms with Crippen LogP contribution in [0.25, 0.3) is 0 Å². The molecule has 0 bridgehead atoms. The van der Waals surface area contributed by atoms with Crippen LogP contribution in [0.1, 0.15) is 1.43 Å². The van der Waals surface area contributed by atoms with Gasteiger partial charge in [0.1, 0.15) is 0 Å². The normalized spacial score (nSPS) is 11.6. The average Bonchev–Trinajstić information content (AvgIpc) is 2.01. The first-order valence-corrected chi connectivity index (χ1v) is 9.59. The van der Waals surface area contributed by atoms with Gasteiger partial charge in [-0.15, -0.1) is 0 Å². The van der Waals surface area contributed by atoms with Crippen molar-refractivity contribution in [3.63, 3.8) is 0 Å². The van der Waals surface area contributed by atoms with Crippen LogP contribution in [-0.4, -0.2) is 26.7 Å². The number of benzene rings is 1. The van der Waals surface area contributed by atoms with Gasteiger partial charge in [-0.3, -0.25) is 0 Å². The molecule has 0 saturated carbocycles. The summed E-state index contributed by atoms with van der Waals surface area (Å²) in [6, 6.07) is 7.23. The third kappa shape index (κ3) is 10.1. The molecule has 0 saturated heterocycles. The highest BCUT2D eigenvalue weighted by Gasteiger charge is 2.03. The zero-order valence-electron chi connectivity index (χ0n) is 10.5. The first kappa shape index (κ1) is 14.8. The summed E-state index contributed by atoms with van der Waals surface area (Å²) >= 11 is 0. The highest BCUT2D eigenvalue weighted by molar-refractivity contribution is 7.73. The van der Waals surface area contributed by atoms with E-state index in [1.165, 1.54) is 24.3 Å². The maximum absolute atomic E-state index is 10.3. The minimum Gasteiger partial charge on any atom is -0.807 e. The van der Waals surface area contributed by atoms with E-state index in [2.05, 4.69) is 26.7 Å². The molecule has 0 aliphatic rings. The summed E-state index contributed by atoms with van der Waals surface area (Å²) in [4.78, 5) is 20.6. The molecule has 86 valence electrons. The monoisotopic (exact) mass is 248 g/mol. The lowest BCUT2D eigenvalue weighted by Gasteiger charge is -2.29. The van der Waals surface area contributed by atoms with Crippen LogP contribution in [0.5, 0.6) is 0 Å². The fourth-order valence-corrected chi connectivity index (χ4v) is 1.15. The molecule has 1 rings (SSSR count). The first-order valence-electron chi connectivity index (χ1n) is 4.47. The van der Waals surface area contributed by atoms with Gasteiger partial charge < -0.3 is 14.4 Å².